The summed E-state index contributed by atoms with van der Waals surface area (Å²) in [6.45, 7) is 0. The molecule has 0 spiro atoms. The average Bonchev–Trinajstić information content (AvgIpc) is 2.91. The molecular formula is C14H17N3O2S. The summed E-state index contributed by atoms with van der Waals surface area (Å²) in [5.41, 5.74) is 1.61. The molecule has 2 unspecified atom stereocenters. The molecule has 1 aliphatic rings. The van der Waals surface area contributed by atoms with Crippen LogP contribution in [0.4, 0.5) is 0 Å². The van der Waals surface area contributed by atoms with Crippen LogP contribution >= 0.6 is 11.8 Å². The zero-order valence-corrected chi connectivity index (χ0v) is 12.1. The lowest BCUT2D eigenvalue weighted by atomic mass is 9.95. The standard InChI is InChI=1S/C14H17N3O2S/c1-20-10-5-2-4-9(8-10)17-13-11(14(18)19)6-3-7-12(13)15-16-17/h3,6-7,9-10H,2,4-5,8H2,1H3,(H,18,19). The van der Waals surface area contributed by atoms with E-state index in [0.717, 1.165) is 19.3 Å². The lowest BCUT2D eigenvalue weighted by Crippen LogP contribution is -2.22. The fraction of sp³-hybridized carbons (Fsp3) is 0.500. The minimum atomic E-state index is -0.920. The summed E-state index contributed by atoms with van der Waals surface area (Å²) in [6, 6.07) is 5.42. The fourth-order valence-electron chi connectivity index (χ4n) is 2.98. The molecule has 20 heavy (non-hydrogen) atoms. The molecule has 0 bridgehead atoms. The number of hydrogen-bond donors (Lipinski definition) is 1. The van der Waals surface area contributed by atoms with E-state index in [4.69, 9.17) is 0 Å². The van der Waals surface area contributed by atoms with E-state index in [1.54, 1.807) is 12.1 Å². The van der Waals surface area contributed by atoms with Crippen molar-refractivity contribution in [3.63, 3.8) is 0 Å². The normalized spacial score (nSPS) is 23.1. The van der Waals surface area contributed by atoms with E-state index in [1.165, 1.54) is 6.42 Å². The van der Waals surface area contributed by atoms with Crippen LogP contribution in [0.25, 0.3) is 11.0 Å². The van der Waals surface area contributed by atoms with Crippen molar-refractivity contribution in [3.8, 4) is 0 Å². The molecule has 1 fully saturated rings. The highest BCUT2D eigenvalue weighted by Crippen LogP contribution is 2.35. The van der Waals surface area contributed by atoms with Gasteiger partial charge in [0.1, 0.15) is 11.0 Å². The Morgan fingerprint density at radius 3 is 3.05 bits per heavy atom. The number of benzene rings is 1. The number of aromatic carboxylic acids is 1. The molecule has 0 amide bonds. The molecule has 1 aromatic heterocycles. The summed E-state index contributed by atoms with van der Waals surface area (Å²) in [5.74, 6) is -0.920. The molecule has 6 heteroatoms. The van der Waals surface area contributed by atoms with Crippen molar-refractivity contribution in [2.75, 3.05) is 6.26 Å². The van der Waals surface area contributed by atoms with E-state index in [0.29, 0.717) is 21.8 Å². The molecule has 0 saturated heterocycles. The zero-order chi connectivity index (χ0) is 14.1. The summed E-state index contributed by atoms with van der Waals surface area (Å²) < 4.78 is 1.83. The third-order valence-corrected chi connectivity index (χ3v) is 5.10. The van der Waals surface area contributed by atoms with E-state index >= 15 is 0 Å². The van der Waals surface area contributed by atoms with Gasteiger partial charge in [-0.1, -0.05) is 17.7 Å². The first kappa shape index (κ1) is 13.4. The smallest absolute Gasteiger partial charge is 0.337 e. The van der Waals surface area contributed by atoms with Gasteiger partial charge in [0.05, 0.1) is 11.6 Å². The summed E-state index contributed by atoms with van der Waals surface area (Å²) in [6.07, 6.45) is 6.61. The second-order valence-corrected chi connectivity index (χ2v) is 6.33. The van der Waals surface area contributed by atoms with Crippen LogP contribution in [0.5, 0.6) is 0 Å². The predicted octanol–water partition coefficient (Wildman–Crippen LogP) is 2.98. The Bertz CT molecular complexity index is 640. The van der Waals surface area contributed by atoms with Gasteiger partial charge in [0.25, 0.3) is 0 Å². The van der Waals surface area contributed by atoms with Crippen LogP contribution in [0.2, 0.25) is 0 Å². The predicted molar refractivity (Wildman–Crippen MR) is 79.3 cm³/mol. The van der Waals surface area contributed by atoms with Crippen molar-refractivity contribution in [1.29, 1.82) is 0 Å². The maximum Gasteiger partial charge on any atom is 0.337 e. The number of hydrogen-bond acceptors (Lipinski definition) is 4. The molecule has 0 radical (unpaired) electrons. The Kier molecular flexibility index (Phi) is 3.65. The van der Waals surface area contributed by atoms with Gasteiger partial charge >= 0.3 is 5.97 Å². The Morgan fingerprint density at radius 2 is 2.30 bits per heavy atom. The number of fused-ring (bicyclic) bond motifs is 1. The lowest BCUT2D eigenvalue weighted by Gasteiger charge is -2.28. The first-order chi connectivity index (χ1) is 9.70. The van der Waals surface area contributed by atoms with Gasteiger partial charge in [0.2, 0.25) is 0 Å². The number of aromatic nitrogens is 3. The zero-order valence-electron chi connectivity index (χ0n) is 11.3. The van der Waals surface area contributed by atoms with Gasteiger partial charge in [-0.2, -0.15) is 11.8 Å². The van der Waals surface area contributed by atoms with Gasteiger partial charge in [-0.25, -0.2) is 9.48 Å². The molecule has 1 saturated carbocycles. The molecule has 1 aliphatic carbocycles. The molecule has 106 valence electrons. The molecule has 2 atom stereocenters. The topological polar surface area (TPSA) is 68.0 Å². The maximum atomic E-state index is 11.4. The Morgan fingerprint density at radius 1 is 1.45 bits per heavy atom. The van der Waals surface area contributed by atoms with Crippen molar-refractivity contribution in [1.82, 2.24) is 15.0 Å². The fourth-order valence-corrected chi connectivity index (χ4v) is 3.80. The van der Waals surface area contributed by atoms with Gasteiger partial charge in [-0.3, -0.25) is 0 Å². The summed E-state index contributed by atoms with van der Waals surface area (Å²) in [5, 5.41) is 18.3. The SMILES string of the molecule is CSC1CCCC(n2nnc3cccc(C(=O)O)c32)C1. The first-order valence-electron chi connectivity index (χ1n) is 6.80. The Hall–Kier alpha value is -1.56. The van der Waals surface area contributed by atoms with E-state index in [2.05, 4.69) is 16.6 Å². The summed E-state index contributed by atoms with van der Waals surface area (Å²) >= 11 is 1.88. The van der Waals surface area contributed by atoms with Crippen molar-refractivity contribution in [3.05, 3.63) is 23.8 Å². The second-order valence-electron chi connectivity index (χ2n) is 5.19. The van der Waals surface area contributed by atoms with Crippen LogP contribution in [0.1, 0.15) is 42.1 Å². The molecule has 1 N–H and O–H groups in total. The number of carboxylic acids is 1. The molecular weight excluding hydrogens is 274 g/mol. The molecule has 1 aromatic carbocycles. The molecule has 2 aromatic rings. The van der Waals surface area contributed by atoms with Crippen LogP contribution in [0.15, 0.2) is 18.2 Å². The van der Waals surface area contributed by atoms with E-state index in [-0.39, 0.29) is 6.04 Å². The number of carbonyl (C=O) groups is 1. The third kappa shape index (κ3) is 2.28. The van der Waals surface area contributed by atoms with Crippen LogP contribution in [0.3, 0.4) is 0 Å². The molecule has 0 aliphatic heterocycles. The minimum Gasteiger partial charge on any atom is -0.478 e. The van der Waals surface area contributed by atoms with Gasteiger partial charge in [0.15, 0.2) is 0 Å². The van der Waals surface area contributed by atoms with Crippen LogP contribution in [-0.2, 0) is 0 Å². The maximum absolute atomic E-state index is 11.4. The van der Waals surface area contributed by atoms with Crippen molar-refractivity contribution >= 4 is 28.8 Å². The quantitative estimate of drug-likeness (QED) is 0.941. The van der Waals surface area contributed by atoms with Crippen molar-refractivity contribution in [2.45, 2.75) is 37.0 Å². The summed E-state index contributed by atoms with van der Waals surface area (Å²) in [4.78, 5) is 11.4. The largest absolute Gasteiger partial charge is 0.478 e. The van der Waals surface area contributed by atoms with Gasteiger partial charge in [-0.05, 0) is 37.7 Å². The monoisotopic (exact) mass is 291 g/mol. The Balaban J connectivity index is 2.05. The molecule has 5 nitrogen and oxygen atoms in total. The van der Waals surface area contributed by atoms with Gasteiger partial charge in [-0.15, -0.1) is 5.10 Å². The minimum absolute atomic E-state index is 0.256. The first-order valence-corrected chi connectivity index (χ1v) is 8.09. The lowest BCUT2D eigenvalue weighted by molar-refractivity contribution is 0.0698. The highest BCUT2D eigenvalue weighted by Gasteiger charge is 2.26. The average molecular weight is 291 g/mol. The van der Waals surface area contributed by atoms with E-state index in [1.807, 2.05) is 22.5 Å². The third-order valence-electron chi connectivity index (χ3n) is 4.00. The van der Waals surface area contributed by atoms with Crippen LogP contribution in [0, 0.1) is 0 Å². The second kappa shape index (κ2) is 5.44. The molecule has 1 heterocycles. The van der Waals surface area contributed by atoms with Crippen LogP contribution in [-0.4, -0.2) is 37.6 Å². The number of rotatable bonds is 3. The van der Waals surface area contributed by atoms with Crippen molar-refractivity contribution < 1.29 is 9.90 Å². The number of thioether (sulfide) groups is 1. The number of para-hydroxylation sites is 1. The number of nitrogens with zero attached hydrogens (tertiary/aromatic N) is 3. The number of carboxylic acid groups (broad SMARTS) is 1. The van der Waals surface area contributed by atoms with Gasteiger partial charge in [0, 0.05) is 5.25 Å². The van der Waals surface area contributed by atoms with Gasteiger partial charge < -0.3 is 5.11 Å². The van der Waals surface area contributed by atoms with Crippen molar-refractivity contribution in [2.24, 2.45) is 0 Å². The highest BCUT2D eigenvalue weighted by molar-refractivity contribution is 7.99. The Labute approximate surface area is 121 Å². The highest BCUT2D eigenvalue weighted by atomic mass is 32.2. The molecule has 3 rings (SSSR count). The summed E-state index contributed by atoms with van der Waals surface area (Å²) in [7, 11) is 0. The van der Waals surface area contributed by atoms with E-state index < -0.39 is 5.97 Å². The van der Waals surface area contributed by atoms with E-state index in [9.17, 15) is 9.90 Å². The van der Waals surface area contributed by atoms with Crippen LogP contribution < -0.4 is 0 Å².